The van der Waals surface area contributed by atoms with Gasteiger partial charge in [0.15, 0.2) is 0 Å². The van der Waals surface area contributed by atoms with Crippen molar-refractivity contribution in [2.24, 2.45) is 0 Å². The molecule has 2 N–H and O–H groups in total. The molecule has 23 heavy (non-hydrogen) atoms. The molecule has 4 nitrogen and oxygen atoms in total. The average Bonchev–Trinajstić information content (AvgIpc) is 2.52. The van der Waals surface area contributed by atoms with Crippen molar-refractivity contribution in [3.05, 3.63) is 29.8 Å². The monoisotopic (exact) mass is 342 g/mol. The summed E-state index contributed by atoms with van der Waals surface area (Å²) in [6.45, 7) is 2.21. The third-order valence-electron chi connectivity index (χ3n) is 4.14. The Morgan fingerprint density at radius 1 is 0.913 bits per heavy atom. The first-order valence-corrected chi connectivity index (χ1v) is 10.1. The second-order valence-corrected chi connectivity index (χ2v) is 7.54. The zero-order valence-corrected chi connectivity index (χ0v) is 14.9. The lowest BCUT2D eigenvalue weighted by atomic mass is 10.0. The highest BCUT2D eigenvalue weighted by Crippen LogP contribution is 2.26. The van der Waals surface area contributed by atoms with Crippen molar-refractivity contribution in [1.82, 2.24) is 0 Å². The Bertz CT molecular complexity index is 540. The molecule has 0 aliphatic carbocycles. The smallest absolute Gasteiger partial charge is 0.294 e. The van der Waals surface area contributed by atoms with Crippen molar-refractivity contribution in [1.29, 1.82) is 0 Å². The predicted octanol–water partition coefficient (Wildman–Crippen LogP) is 4.89. The van der Waals surface area contributed by atoms with E-state index in [4.69, 9.17) is 0 Å². The van der Waals surface area contributed by atoms with Crippen molar-refractivity contribution in [3.8, 4) is 0 Å². The fourth-order valence-corrected chi connectivity index (χ4v) is 3.55. The molecule has 0 saturated heterocycles. The van der Waals surface area contributed by atoms with Crippen LogP contribution >= 0.6 is 0 Å². The third kappa shape index (κ3) is 7.95. The second kappa shape index (κ2) is 10.8. The van der Waals surface area contributed by atoms with Gasteiger partial charge in [-0.05, 0) is 12.5 Å². The van der Waals surface area contributed by atoms with E-state index in [2.05, 4.69) is 6.92 Å². The molecule has 0 bridgehead atoms. The Kier molecular flexibility index (Phi) is 9.44. The molecule has 0 aromatic heterocycles. The summed E-state index contributed by atoms with van der Waals surface area (Å²) in [5, 5.41) is 10.2. The number of benzene rings is 1. The van der Waals surface area contributed by atoms with E-state index in [1.165, 1.54) is 50.7 Å². The first-order chi connectivity index (χ1) is 11.0. The molecule has 1 atom stereocenters. The zero-order chi connectivity index (χ0) is 17.1. The lowest BCUT2D eigenvalue weighted by molar-refractivity contribution is 0.160. The molecular weight excluding hydrogens is 312 g/mol. The first kappa shape index (κ1) is 20.1. The third-order valence-corrected chi connectivity index (χ3v) is 5.06. The summed E-state index contributed by atoms with van der Waals surface area (Å²) in [4.78, 5) is -0.191. The Morgan fingerprint density at radius 3 is 2.00 bits per heavy atom. The number of hydrogen-bond donors (Lipinski definition) is 2. The number of aliphatic hydroxyl groups is 1. The van der Waals surface area contributed by atoms with Crippen LogP contribution in [0.4, 0.5) is 0 Å². The maximum atomic E-state index is 11.3. The van der Waals surface area contributed by atoms with Gasteiger partial charge >= 0.3 is 0 Å². The minimum atomic E-state index is -4.29. The minimum absolute atomic E-state index is 0.191. The highest BCUT2D eigenvalue weighted by atomic mass is 32.2. The Morgan fingerprint density at radius 2 is 1.43 bits per heavy atom. The molecule has 5 heteroatoms. The van der Waals surface area contributed by atoms with Gasteiger partial charge in [0.2, 0.25) is 0 Å². The summed E-state index contributed by atoms with van der Waals surface area (Å²) >= 11 is 0. The van der Waals surface area contributed by atoms with E-state index in [9.17, 15) is 18.1 Å². The molecule has 1 unspecified atom stereocenters. The van der Waals surface area contributed by atoms with Crippen LogP contribution in [0.15, 0.2) is 29.2 Å². The molecule has 0 spiro atoms. The van der Waals surface area contributed by atoms with Gasteiger partial charge in [0.25, 0.3) is 10.1 Å². The van der Waals surface area contributed by atoms with Crippen LogP contribution in [0.25, 0.3) is 0 Å². The van der Waals surface area contributed by atoms with Crippen LogP contribution in [0, 0.1) is 0 Å². The Labute approximate surface area is 140 Å². The number of unbranched alkanes of at least 4 members (excludes halogenated alkanes) is 8. The van der Waals surface area contributed by atoms with Crippen molar-refractivity contribution in [3.63, 3.8) is 0 Å². The lowest BCUT2D eigenvalue weighted by Gasteiger charge is -2.14. The van der Waals surface area contributed by atoms with E-state index in [-0.39, 0.29) is 10.5 Å². The fourth-order valence-electron chi connectivity index (χ4n) is 2.79. The lowest BCUT2D eigenvalue weighted by Crippen LogP contribution is -2.07. The van der Waals surface area contributed by atoms with E-state index in [0.717, 1.165) is 19.3 Å². The summed E-state index contributed by atoms with van der Waals surface area (Å²) in [6, 6.07) is 6.09. The van der Waals surface area contributed by atoms with Gasteiger partial charge in [-0.15, -0.1) is 0 Å². The summed E-state index contributed by atoms with van der Waals surface area (Å²) in [5.74, 6) is 0. The molecule has 0 radical (unpaired) electrons. The normalized spacial score (nSPS) is 13.2. The molecule has 0 fully saturated rings. The molecule has 0 aliphatic rings. The average molecular weight is 343 g/mol. The van der Waals surface area contributed by atoms with E-state index in [0.29, 0.717) is 6.42 Å². The highest BCUT2D eigenvalue weighted by Gasteiger charge is 2.19. The van der Waals surface area contributed by atoms with E-state index in [1.807, 2.05) is 0 Å². The summed E-state index contributed by atoms with van der Waals surface area (Å²) in [7, 11) is -4.29. The number of hydrogen-bond acceptors (Lipinski definition) is 3. The zero-order valence-electron chi connectivity index (χ0n) is 14.1. The van der Waals surface area contributed by atoms with Crippen LogP contribution in [0.1, 0.15) is 82.8 Å². The van der Waals surface area contributed by atoms with Crippen molar-refractivity contribution in [2.45, 2.75) is 82.1 Å². The summed E-state index contributed by atoms with van der Waals surface area (Å²) < 4.78 is 31.9. The molecule has 1 rings (SSSR count). The van der Waals surface area contributed by atoms with Crippen molar-refractivity contribution < 1.29 is 18.1 Å². The molecule has 1 aromatic carbocycles. The molecule has 0 amide bonds. The van der Waals surface area contributed by atoms with Gasteiger partial charge in [0.1, 0.15) is 0 Å². The first-order valence-electron chi connectivity index (χ1n) is 8.71. The standard InChI is InChI=1S/C18H30O4S/c1-2-3-4-5-6-7-8-9-10-14-17(19)16-13-11-12-15-18(16)23(20,21)22/h11-13,15,17,19H,2-10,14H2,1H3,(H,20,21,22). The molecule has 0 aliphatic heterocycles. The van der Waals surface area contributed by atoms with Crippen LogP contribution in [-0.2, 0) is 10.1 Å². The van der Waals surface area contributed by atoms with Gasteiger partial charge in [-0.25, -0.2) is 0 Å². The van der Waals surface area contributed by atoms with Gasteiger partial charge in [0.05, 0.1) is 11.0 Å². The van der Waals surface area contributed by atoms with E-state index < -0.39 is 16.2 Å². The maximum Gasteiger partial charge on any atom is 0.294 e. The molecule has 1 aromatic rings. The SMILES string of the molecule is CCCCCCCCCCCC(O)c1ccccc1S(=O)(=O)O. The quantitative estimate of drug-likeness (QED) is 0.419. The van der Waals surface area contributed by atoms with Gasteiger partial charge in [-0.3, -0.25) is 4.55 Å². The fraction of sp³-hybridized carbons (Fsp3) is 0.667. The van der Waals surface area contributed by atoms with Gasteiger partial charge in [0, 0.05) is 5.56 Å². The van der Waals surface area contributed by atoms with Crippen LogP contribution in [0.3, 0.4) is 0 Å². The second-order valence-electron chi connectivity index (χ2n) is 6.15. The largest absolute Gasteiger partial charge is 0.388 e. The van der Waals surface area contributed by atoms with Crippen molar-refractivity contribution in [2.75, 3.05) is 0 Å². The highest BCUT2D eigenvalue weighted by molar-refractivity contribution is 7.85. The predicted molar refractivity (Wildman–Crippen MR) is 93.1 cm³/mol. The van der Waals surface area contributed by atoms with Crippen LogP contribution in [0.2, 0.25) is 0 Å². The van der Waals surface area contributed by atoms with Gasteiger partial charge < -0.3 is 5.11 Å². The number of aliphatic hydroxyl groups excluding tert-OH is 1. The molecule has 0 heterocycles. The van der Waals surface area contributed by atoms with E-state index >= 15 is 0 Å². The maximum absolute atomic E-state index is 11.3. The van der Waals surface area contributed by atoms with Crippen LogP contribution in [0.5, 0.6) is 0 Å². The topological polar surface area (TPSA) is 74.6 Å². The summed E-state index contributed by atoms with van der Waals surface area (Å²) in [6.07, 6.45) is 10.4. The van der Waals surface area contributed by atoms with Crippen molar-refractivity contribution >= 4 is 10.1 Å². The van der Waals surface area contributed by atoms with Crippen LogP contribution in [-0.4, -0.2) is 18.1 Å². The minimum Gasteiger partial charge on any atom is -0.388 e. The van der Waals surface area contributed by atoms with Crippen LogP contribution < -0.4 is 0 Å². The number of rotatable bonds is 12. The summed E-state index contributed by atoms with van der Waals surface area (Å²) in [5.41, 5.74) is 0.287. The molecular formula is C18H30O4S. The molecule has 0 saturated carbocycles. The van der Waals surface area contributed by atoms with Gasteiger partial charge in [-0.1, -0.05) is 82.9 Å². The Hall–Kier alpha value is -0.910. The Balaban J connectivity index is 2.29. The van der Waals surface area contributed by atoms with Gasteiger partial charge in [-0.2, -0.15) is 8.42 Å². The van der Waals surface area contributed by atoms with E-state index in [1.54, 1.807) is 12.1 Å². The molecule has 132 valence electrons.